The molecule has 0 aliphatic carbocycles. The number of hydrogen-bond acceptors (Lipinski definition) is 1. The number of rotatable bonds is 2. The monoisotopic (exact) mass is 244 g/mol. The van der Waals surface area contributed by atoms with E-state index in [4.69, 9.17) is 5.73 Å². The molecule has 1 rings (SSSR count). The zero-order valence-corrected chi connectivity index (χ0v) is 8.81. The van der Waals surface area contributed by atoms with E-state index < -0.39 is 0 Å². The molecule has 0 aliphatic heterocycles. The second kappa shape index (κ2) is 4.37. The highest BCUT2D eigenvalue weighted by Crippen LogP contribution is 2.25. The van der Waals surface area contributed by atoms with Gasteiger partial charge in [-0.1, -0.05) is 6.92 Å². The highest BCUT2D eigenvalue weighted by molar-refractivity contribution is 9.10. The molecule has 1 aromatic rings. The van der Waals surface area contributed by atoms with Crippen molar-refractivity contribution in [3.63, 3.8) is 0 Å². The van der Waals surface area contributed by atoms with E-state index in [1.54, 1.807) is 6.07 Å². The summed E-state index contributed by atoms with van der Waals surface area (Å²) in [5, 5.41) is 0. The normalized spacial score (nSPS) is 11.8. The van der Waals surface area contributed by atoms with E-state index in [-0.39, 0.29) is 5.82 Å². The van der Waals surface area contributed by atoms with Crippen molar-refractivity contribution in [3.05, 3.63) is 28.5 Å². The van der Waals surface area contributed by atoms with Crippen LogP contribution in [0.1, 0.15) is 13.3 Å². The summed E-state index contributed by atoms with van der Waals surface area (Å²) < 4.78 is 13.3. The van der Waals surface area contributed by atoms with Crippen molar-refractivity contribution in [2.75, 3.05) is 0 Å². The molecule has 2 N–H and O–H groups in total. The van der Waals surface area contributed by atoms with Crippen LogP contribution in [-0.4, -0.2) is 5.84 Å². The summed E-state index contributed by atoms with van der Waals surface area (Å²) in [6.07, 6.45) is 0.684. The first-order valence-electron chi connectivity index (χ1n) is 3.91. The largest absolute Gasteiger partial charge is 0.387 e. The third-order valence-corrected chi connectivity index (χ3v) is 2.17. The molecular formula is C9H10BrFN2. The van der Waals surface area contributed by atoms with Gasteiger partial charge in [0.15, 0.2) is 0 Å². The van der Waals surface area contributed by atoms with Crippen molar-refractivity contribution >= 4 is 27.5 Å². The van der Waals surface area contributed by atoms with Crippen LogP contribution >= 0.6 is 15.9 Å². The van der Waals surface area contributed by atoms with Gasteiger partial charge in [-0.3, -0.25) is 0 Å². The average Bonchev–Trinajstić information content (AvgIpc) is 2.09. The molecular weight excluding hydrogens is 235 g/mol. The predicted octanol–water partition coefficient (Wildman–Crippen LogP) is 2.99. The number of amidine groups is 1. The van der Waals surface area contributed by atoms with Crippen molar-refractivity contribution < 1.29 is 4.39 Å². The zero-order chi connectivity index (χ0) is 9.84. The fraction of sp³-hybridized carbons (Fsp3) is 0.222. The van der Waals surface area contributed by atoms with Crippen LogP contribution in [0.15, 0.2) is 27.7 Å². The molecule has 13 heavy (non-hydrogen) atoms. The van der Waals surface area contributed by atoms with E-state index in [1.165, 1.54) is 12.1 Å². The molecule has 4 heteroatoms. The number of halogens is 2. The number of benzene rings is 1. The van der Waals surface area contributed by atoms with E-state index in [0.29, 0.717) is 22.4 Å². The summed E-state index contributed by atoms with van der Waals surface area (Å²) in [6, 6.07) is 4.30. The van der Waals surface area contributed by atoms with Crippen LogP contribution in [0.4, 0.5) is 10.1 Å². The molecule has 0 spiro atoms. The molecule has 0 aliphatic rings. The molecule has 0 aromatic heterocycles. The smallest absolute Gasteiger partial charge is 0.124 e. The average molecular weight is 245 g/mol. The Hall–Kier alpha value is -0.900. The minimum atomic E-state index is -0.291. The van der Waals surface area contributed by atoms with Crippen molar-refractivity contribution in [1.82, 2.24) is 0 Å². The number of aliphatic imine (C=N–C) groups is 1. The molecule has 0 heterocycles. The first kappa shape index (κ1) is 10.2. The lowest BCUT2D eigenvalue weighted by Gasteiger charge is -1.99. The van der Waals surface area contributed by atoms with E-state index in [2.05, 4.69) is 20.9 Å². The van der Waals surface area contributed by atoms with Crippen molar-refractivity contribution in [2.45, 2.75) is 13.3 Å². The van der Waals surface area contributed by atoms with E-state index in [0.717, 1.165) is 0 Å². The van der Waals surface area contributed by atoms with Crippen LogP contribution in [0.25, 0.3) is 0 Å². The highest BCUT2D eigenvalue weighted by Gasteiger charge is 1.99. The van der Waals surface area contributed by atoms with E-state index in [9.17, 15) is 4.39 Å². The number of nitrogens with two attached hydrogens (primary N) is 1. The van der Waals surface area contributed by atoms with Gasteiger partial charge in [0, 0.05) is 10.9 Å². The van der Waals surface area contributed by atoms with Crippen LogP contribution in [-0.2, 0) is 0 Å². The SMILES string of the molecule is CCC(N)=Nc1ccc(F)cc1Br. The van der Waals surface area contributed by atoms with Crippen LogP contribution in [0, 0.1) is 5.82 Å². The molecule has 0 amide bonds. The highest BCUT2D eigenvalue weighted by atomic mass is 79.9. The molecule has 0 saturated heterocycles. The molecule has 0 fully saturated rings. The summed E-state index contributed by atoms with van der Waals surface area (Å²) in [6.45, 7) is 1.91. The maximum absolute atomic E-state index is 12.7. The second-order valence-electron chi connectivity index (χ2n) is 2.55. The zero-order valence-electron chi connectivity index (χ0n) is 7.22. The first-order valence-corrected chi connectivity index (χ1v) is 4.71. The quantitative estimate of drug-likeness (QED) is 0.631. The Morgan fingerprint density at radius 1 is 1.62 bits per heavy atom. The topological polar surface area (TPSA) is 38.4 Å². The van der Waals surface area contributed by atoms with Crippen LogP contribution in [0.3, 0.4) is 0 Å². The number of nitrogens with zero attached hydrogens (tertiary/aromatic N) is 1. The van der Waals surface area contributed by atoms with Gasteiger partial charge in [0.1, 0.15) is 5.82 Å². The van der Waals surface area contributed by atoms with Crippen molar-refractivity contribution in [1.29, 1.82) is 0 Å². The molecule has 0 saturated carbocycles. The van der Waals surface area contributed by atoms with Crippen LogP contribution in [0.5, 0.6) is 0 Å². The second-order valence-corrected chi connectivity index (χ2v) is 3.41. The van der Waals surface area contributed by atoms with E-state index >= 15 is 0 Å². The Bertz CT molecular complexity index is 336. The molecule has 0 atom stereocenters. The fourth-order valence-electron chi connectivity index (χ4n) is 0.806. The van der Waals surface area contributed by atoms with Crippen molar-refractivity contribution in [3.8, 4) is 0 Å². The maximum Gasteiger partial charge on any atom is 0.124 e. The summed E-state index contributed by atoms with van der Waals surface area (Å²) >= 11 is 3.20. The summed E-state index contributed by atoms with van der Waals surface area (Å²) in [4.78, 5) is 4.10. The van der Waals surface area contributed by atoms with Gasteiger partial charge < -0.3 is 5.73 Å². The van der Waals surface area contributed by atoms with Gasteiger partial charge in [-0.25, -0.2) is 9.38 Å². The fourth-order valence-corrected chi connectivity index (χ4v) is 1.25. The van der Waals surface area contributed by atoms with Gasteiger partial charge in [-0.05, 0) is 34.1 Å². The Labute approximate surface area is 84.8 Å². The maximum atomic E-state index is 12.7. The van der Waals surface area contributed by atoms with Crippen molar-refractivity contribution in [2.24, 2.45) is 10.7 Å². The minimum absolute atomic E-state index is 0.291. The van der Waals surface area contributed by atoms with Gasteiger partial charge in [-0.15, -0.1) is 0 Å². The summed E-state index contributed by atoms with van der Waals surface area (Å²) in [7, 11) is 0. The lowest BCUT2D eigenvalue weighted by atomic mass is 10.3. The molecule has 0 radical (unpaired) electrons. The van der Waals surface area contributed by atoms with Gasteiger partial charge in [0.05, 0.1) is 11.5 Å². The third kappa shape index (κ3) is 2.81. The Morgan fingerprint density at radius 2 is 2.31 bits per heavy atom. The lowest BCUT2D eigenvalue weighted by Crippen LogP contribution is -2.08. The molecule has 70 valence electrons. The van der Waals surface area contributed by atoms with Gasteiger partial charge in [0.2, 0.25) is 0 Å². The van der Waals surface area contributed by atoms with Gasteiger partial charge in [-0.2, -0.15) is 0 Å². The minimum Gasteiger partial charge on any atom is -0.387 e. The third-order valence-electron chi connectivity index (χ3n) is 1.54. The Kier molecular flexibility index (Phi) is 3.42. The lowest BCUT2D eigenvalue weighted by molar-refractivity contribution is 0.627. The number of hydrogen-bond donors (Lipinski definition) is 1. The molecule has 0 unspecified atom stereocenters. The van der Waals surface area contributed by atoms with Gasteiger partial charge in [0.25, 0.3) is 0 Å². The standard InChI is InChI=1S/C9H10BrFN2/c1-2-9(12)13-8-4-3-6(11)5-7(8)10/h3-5H,2H2,1H3,(H2,12,13). The first-order chi connectivity index (χ1) is 6.13. The Balaban J connectivity index is 3.03. The summed E-state index contributed by atoms with van der Waals surface area (Å²) in [5.41, 5.74) is 6.20. The molecule has 1 aromatic carbocycles. The molecule has 0 bridgehead atoms. The Morgan fingerprint density at radius 3 is 2.85 bits per heavy atom. The van der Waals surface area contributed by atoms with Gasteiger partial charge >= 0.3 is 0 Å². The summed E-state index contributed by atoms with van der Waals surface area (Å²) in [5.74, 6) is 0.244. The van der Waals surface area contributed by atoms with Crippen LogP contribution < -0.4 is 5.73 Å². The molecule has 2 nitrogen and oxygen atoms in total. The van der Waals surface area contributed by atoms with E-state index in [1.807, 2.05) is 6.92 Å². The van der Waals surface area contributed by atoms with Crippen LogP contribution in [0.2, 0.25) is 0 Å². The predicted molar refractivity (Wildman–Crippen MR) is 55.7 cm³/mol.